The van der Waals surface area contributed by atoms with Crippen molar-refractivity contribution in [1.82, 2.24) is 0 Å². The lowest BCUT2D eigenvalue weighted by Gasteiger charge is -2.19. The van der Waals surface area contributed by atoms with Crippen LogP contribution in [0.25, 0.3) is 0 Å². The van der Waals surface area contributed by atoms with Crippen molar-refractivity contribution in [1.29, 1.82) is 0 Å². The number of fused-ring (bicyclic) bond motifs is 1. The number of carbonyl (C=O) groups is 1. The van der Waals surface area contributed by atoms with Crippen molar-refractivity contribution >= 4 is 21.4 Å². The second kappa shape index (κ2) is 6.02. The lowest BCUT2D eigenvalue weighted by molar-refractivity contribution is 0.0988. The SMILES string of the molecule is CCc1ccc(C(=O)N2CCc3cccc(F)c32)cc1S(C)(=O)=O. The lowest BCUT2D eigenvalue weighted by atomic mass is 10.1. The number of hydrogen-bond donors (Lipinski definition) is 0. The number of nitrogens with zero attached hydrogens (tertiary/aromatic N) is 1. The molecule has 6 heteroatoms. The highest BCUT2D eigenvalue weighted by Crippen LogP contribution is 2.32. The number of benzene rings is 2. The standard InChI is InChI=1S/C18H18FNO3S/c1-3-12-7-8-14(11-16(12)24(2,22)23)18(21)20-10-9-13-5-4-6-15(19)17(13)20/h4-8,11H,3,9-10H2,1-2H3. The fourth-order valence-corrected chi connectivity index (χ4v) is 4.12. The zero-order chi connectivity index (χ0) is 17.5. The molecule has 2 aromatic rings. The number of para-hydroxylation sites is 1. The number of anilines is 1. The van der Waals surface area contributed by atoms with E-state index in [9.17, 15) is 17.6 Å². The molecular weight excluding hydrogens is 329 g/mol. The van der Waals surface area contributed by atoms with Crippen LogP contribution in [0.1, 0.15) is 28.4 Å². The highest BCUT2D eigenvalue weighted by atomic mass is 32.2. The molecule has 1 aliphatic rings. The zero-order valence-electron chi connectivity index (χ0n) is 13.5. The quantitative estimate of drug-likeness (QED) is 0.858. The number of halogens is 1. The Morgan fingerprint density at radius 3 is 2.67 bits per heavy atom. The number of aryl methyl sites for hydroxylation is 1. The van der Waals surface area contributed by atoms with E-state index < -0.39 is 15.7 Å². The lowest BCUT2D eigenvalue weighted by Crippen LogP contribution is -2.29. The molecule has 0 aromatic heterocycles. The molecule has 0 unspecified atom stereocenters. The highest BCUT2D eigenvalue weighted by molar-refractivity contribution is 7.90. The molecule has 1 heterocycles. The van der Waals surface area contributed by atoms with E-state index in [-0.39, 0.29) is 16.4 Å². The molecule has 126 valence electrons. The number of amides is 1. The maximum Gasteiger partial charge on any atom is 0.258 e. The summed E-state index contributed by atoms with van der Waals surface area (Å²) in [5.74, 6) is -0.821. The Kier molecular flexibility index (Phi) is 4.17. The Balaban J connectivity index is 2.05. The summed E-state index contributed by atoms with van der Waals surface area (Å²) in [4.78, 5) is 14.3. The Morgan fingerprint density at radius 2 is 2.00 bits per heavy atom. The number of hydrogen-bond acceptors (Lipinski definition) is 3. The fraction of sp³-hybridized carbons (Fsp3) is 0.278. The summed E-state index contributed by atoms with van der Waals surface area (Å²) in [5.41, 5.74) is 2.01. The summed E-state index contributed by atoms with van der Waals surface area (Å²) in [7, 11) is -3.44. The first-order chi connectivity index (χ1) is 11.3. The van der Waals surface area contributed by atoms with Gasteiger partial charge in [0.1, 0.15) is 5.82 Å². The molecule has 0 fully saturated rings. The fourth-order valence-electron chi connectivity index (χ4n) is 3.09. The summed E-state index contributed by atoms with van der Waals surface area (Å²) in [6.45, 7) is 2.25. The second-order valence-electron chi connectivity index (χ2n) is 5.90. The first-order valence-corrected chi connectivity index (χ1v) is 9.64. The van der Waals surface area contributed by atoms with E-state index >= 15 is 0 Å². The van der Waals surface area contributed by atoms with Crippen molar-refractivity contribution in [3.05, 3.63) is 58.9 Å². The van der Waals surface area contributed by atoms with Crippen molar-refractivity contribution in [3.63, 3.8) is 0 Å². The third-order valence-corrected chi connectivity index (χ3v) is 5.46. The smallest absolute Gasteiger partial charge is 0.258 e. The van der Waals surface area contributed by atoms with E-state index in [1.807, 2.05) is 6.92 Å². The Bertz CT molecular complexity index is 922. The molecule has 0 N–H and O–H groups in total. The minimum absolute atomic E-state index is 0.156. The molecule has 1 aliphatic heterocycles. The van der Waals surface area contributed by atoms with Gasteiger partial charge in [-0.2, -0.15) is 0 Å². The van der Waals surface area contributed by atoms with Crippen LogP contribution in [0, 0.1) is 5.82 Å². The van der Waals surface area contributed by atoms with E-state index in [0.717, 1.165) is 11.8 Å². The first-order valence-electron chi connectivity index (χ1n) is 7.75. The monoisotopic (exact) mass is 347 g/mol. The van der Waals surface area contributed by atoms with Gasteiger partial charge >= 0.3 is 0 Å². The largest absolute Gasteiger partial charge is 0.305 e. The van der Waals surface area contributed by atoms with Crippen molar-refractivity contribution in [2.75, 3.05) is 17.7 Å². The molecule has 2 aromatic carbocycles. The Labute approximate surface area is 140 Å². The molecule has 0 saturated carbocycles. The zero-order valence-corrected chi connectivity index (χ0v) is 14.4. The van der Waals surface area contributed by atoms with Crippen LogP contribution in [0.4, 0.5) is 10.1 Å². The first kappa shape index (κ1) is 16.6. The Hall–Kier alpha value is -2.21. The second-order valence-corrected chi connectivity index (χ2v) is 7.89. The summed E-state index contributed by atoms with van der Waals surface area (Å²) in [6, 6.07) is 9.41. The van der Waals surface area contributed by atoms with Crippen LogP contribution >= 0.6 is 0 Å². The van der Waals surface area contributed by atoms with Crippen molar-refractivity contribution in [2.45, 2.75) is 24.7 Å². The minimum Gasteiger partial charge on any atom is -0.305 e. The van der Waals surface area contributed by atoms with Crippen LogP contribution in [0.2, 0.25) is 0 Å². The van der Waals surface area contributed by atoms with Gasteiger partial charge in [0.15, 0.2) is 9.84 Å². The molecule has 1 amide bonds. The van der Waals surface area contributed by atoms with Crippen molar-refractivity contribution < 1.29 is 17.6 Å². The van der Waals surface area contributed by atoms with Gasteiger partial charge in [-0.15, -0.1) is 0 Å². The van der Waals surface area contributed by atoms with Crippen LogP contribution in [0.5, 0.6) is 0 Å². The molecule has 0 atom stereocenters. The maximum atomic E-state index is 14.1. The van der Waals surface area contributed by atoms with Gasteiger partial charge in [0.2, 0.25) is 0 Å². The molecule has 4 nitrogen and oxygen atoms in total. The Morgan fingerprint density at radius 1 is 1.25 bits per heavy atom. The van der Waals surface area contributed by atoms with Gasteiger partial charge in [0.25, 0.3) is 5.91 Å². The van der Waals surface area contributed by atoms with Crippen LogP contribution in [-0.2, 0) is 22.7 Å². The third kappa shape index (κ3) is 2.82. The van der Waals surface area contributed by atoms with E-state index in [4.69, 9.17) is 0 Å². The predicted octanol–water partition coefficient (Wildman–Crippen LogP) is 2.99. The van der Waals surface area contributed by atoms with E-state index in [2.05, 4.69) is 0 Å². The van der Waals surface area contributed by atoms with Crippen LogP contribution in [0.15, 0.2) is 41.3 Å². The van der Waals surface area contributed by atoms with E-state index in [0.29, 0.717) is 30.6 Å². The molecule has 0 radical (unpaired) electrons. The topological polar surface area (TPSA) is 54.5 Å². The summed E-state index contributed by atoms with van der Waals surface area (Å²) in [5, 5.41) is 0. The van der Waals surface area contributed by atoms with Gasteiger partial charge < -0.3 is 4.90 Å². The van der Waals surface area contributed by atoms with Gasteiger partial charge in [0, 0.05) is 18.4 Å². The van der Waals surface area contributed by atoms with Gasteiger partial charge in [-0.05, 0) is 42.2 Å². The number of carbonyl (C=O) groups excluding carboxylic acids is 1. The van der Waals surface area contributed by atoms with Gasteiger partial charge in [-0.25, -0.2) is 12.8 Å². The summed E-state index contributed by atoms with van der Waals surface area (Å²) >= 11 is 0. The molecule has 0 aliphatic carbocycles. The van der Waals surface area contributed by atoms with Crippen molar-refractivity contribution in [3.8, 4) is 0 Å². The third-order valence-electron chi connectivity index (χ3n) is 4.28. The van der Waals surface area contributed by atoms with E-state index in [1.165, 1.54) is 17.0 Å². The molecule has 0 saturated heterocycles. The van der Waals surface area contributed by atoms with Crippen LogP contribution in [0.3, 0.4) is 0 Å². The molecule has 0 spiro atoms. The summed E-state index contributed by atoms with van der Waals surface area (Å²) in [6.07, 6.45) is 2.27. The van der Waals surface area contributed by atoms with Gasteiger partial charge in [0.05, 0.1) is 10.6 Å². The van der Waals surface area contributed by atoms with Crippen LogP contribution < -0.4 is 4.90 Å². The predicted molar refractivity (Wildman–Crippen MR) is 90.7 cm³/mol. The molecular formula is C18H18FNO3S. The van der Waals surface area contributed by atoms with Gasteiger partial charge in [-0.3, -0.25) is 4.79 Å². The highest BCUT2D eigenvalue weighted by Gasteiger charge is 2.29. The average molecular weight is 347 g/mol. The normalized spacial score (nSPS) is 13.9. The van der Waals surface area contributed by atoms with Gasteiger partial charge in [-0.1, -0.05) is 25.1 Å². The summed E-state index contributed by atoms with van der Waals surface area (Å²) < 4.78 is 38.1. The average Bonchev–Trinajstić information content (AvgIpc) is 2.98. The number of sulfone groups is 1. The minimum atomic E-state index is -3.44. The van der Waals surface area contributed by atoms with E-state index in [1.54, 1.807) is 24.3 Å². The maximum absolute atomic E-state index is 14.1. The molecule has 3 rings (SSSR count). The number of rotatable bonds is 3. The molecule has 24 heavy (non-hydrogen) atoms. The van der Waals surface area contributed by atoms with Crippen LogP contribution in [-0.4, -0.2) is 27.1 Å². The van der Waals surface area contributed by atoms with Crippen molar-refractivity contribution in [2.24, 2.45) is 0 Å². The molecule has 0 bridgehead atoms.